The molecule has 0 saturated carbocycles. The van der Waals surface area contributed by atoms with Gasteiger partial charge in [-0.1, -0.05) is 18.1 Å². The number of aryl methyl sites for hydroxylation is 2. The summed E-state index contributed by atoms with van der Waals surface area (Å²) in [7, 11) is 0. The molecule has 0 radical (unpaired) electrons. The van der Waals surface area contributed by atoms with Crippen molar-refractivity contribution in [2.75, 3.05) is 6.54 Å². The van der Waals surface area contributed by atoms with Crippen LogP contribution in [0.15, 0.2) is 35.0 Å². The van der Waals surface area contributed by atoms with Gasteiger partial charge in [0.1, 0.15) is 0 Å². The van der Waals surface area contributed by atoms with Crippen LogP contribution in [0.2, 0.25) is 0 Å². The second-order valence-corrected chi connectivity index (χ2v) is 6.50. The van der Waals surface area contributed by atoms with Crippen molar-refractivity contribution in [3.05, 3.63) is 47.6 Å². The third kappa shape index (κ3) is 4.81. The van der Waals surface area contributed by atoms with Crippen molar-refractivity contribution in [3.8, 4) is 0 Å². The first-order valence-electron chi connectivity index (χ1n) is 9.15. The van der Waals surface area contributed by atoms with Crippen LogP contribution in [0.25, 0.3) is 0 Å². The van der Waals surface area contributed by atoms with Gasteiger partial charge < -0.3 is 14.7 Å². The Morgan fingerprint density at radius 1 is 1.36 bits per heavy atom. The number of nitrogens with zero attached hydrogens (tertiary/aromatic N) is 3. The minimum absolute atomic E-state index is 0.0137. The van der Waals surface area contributed by atoms with E-state index in [1.807, 2.05) is 42.3 Å². The van der Waals surface area contributed by atoms with E-state index < -0.39 is 0 Å². The average molecular weight is 342 g/mol. The molecule has 2 aromatic heterocycles. The molecule has 1 saturated heterocycles. The molecule has 134 valence electrons. The highest BCUT2D eigenvalue weighted by molar-refractivity contribution is 5.74. The quantitative estimate of drug-likeness (QED) is 0.874. The molecule has 1 N–H and O–H groups in total. The molecule has 3 rings (SSSR count). The Hall–Kier alpha value is -2.37. The SMILES string of the molecule is CCc1cc(CNC(=O)N2CCCCC2CCc2ccccn2)on1. The van der Waals surface area contributed by atoms with E-state index in [0.29, 0.717) is 12.3 Å². The van der Waals surface area contributed by atoms with E-state index in [1.54, 1.807) is 0 Å². The van der Waals surface area contributed by atoms with Gasteiger partial charge in [0.05, 0.1) is 12.2 Å². The number of hydrogen-bond donors (Lipinski definition) is 1. The van der Waals surface area contributed by atoms with Crippen LogP contribution < -0.4 is 5.32 Å². The maximum absolute atomic E-state index is 12.6. The molecule has 6 nitrogen and oxygen atoms in total. The Bertz CT molecular complexity index is 671. The maximum Gasteiger partial charge on any atom is 0.318 e. The molecule has 1 aliphatic heterocycles. The van der Waals surface area contributed by atoms with Crippen molar-refractivity contribution < 1.29 is 9.32 Å². The lowest BCUT2D eigenvalue weighted by molar-refractivity contribution is 0.145. The Labute approximate surface area is 148 Å². The number of amides is 2. The number of pyridine rings is 1. The van der Waals surface area contributed by atoms with E-state index >= 15 is 0 Å². The molecule has 0 aliphatic carbocycles. The number of hydrogen-bond acceptors (Lipinski definition) is 4. The number of nitrogens with one attached hydrogen (secondary N) is 1. The van der Waals surface area contributed by atoms with Gasteiger partial charge >= 0.3 is 6.03 Å². The monoisotopic (exact) mass is 342 g/mol. The van der Waals surface area contributed by atoms with E-state index in [4.69, 9.17) is 4.52 Å². The van der Waals surface area contributed by atoms with Crippen LogP contribution in [-0.2, 0) is 19.4 Å². The van der Waals surface area contributed by atoms with Crippen LogP contribution in [0, 0.1) is 0 Å². The van der Waals surface area contributed by atoms with Crippen molar-refractivity contribution in [1.82, 2.24) is 20.4 Å². The van der Waals surface area contributed by atoms with Crippen LogP contribution in [0.4, 0.5) is 4.79 Å². The molecule has 0 aromatic carbocycles. The number of likely N-dealkylation sites (tertiary alicyclic amines) is 1. The molecule has 2 aromatic rings. The Morgan fingerprint density at radius 2 is 2.28 bits per heavy atom. The number of rotatable bonds is 6. The van der Waals surface area contributed by atoms with Gasteiger partial charge in [-0.05, 0) is 50.7 Å². The predicted molar refractivity (Wildman–Crippen MR) is 95.0 cm³/mol. The first-order valence-corrected chi connectivity index (χ1v) is 9.15. The zero-order chi connectivity index (χ0) is 17.5. The number of carbonyl (C=O) groups excluding carboxylic acids is 1. The molecule has 1 aliphatic rings. The van der Waals surface area contributed by atoms with Crippen molar-refractivity contribution in [3.63, 3.8) is 0 Å². The van der Waals surface area contributed by atoms with Crippen LogP contribution in [-0.4, -0.2) is 33.7 Å². The molecule has 1 atom stereocenters. The number of carbonyl (C=O) groups is 1. The molecular weight excluding hydrogens is 316 g/mol. The molecule has 6 heteroatoms. The topological polar surface area (TPSA) is 71.3 Å². The summed E-state index contributed by atoms with van der Waals surface area (Å²) in [6.45, 7) is 3.23. The van der Waals surface area contributed by atoms with Crippen molar-refractivity contribution in [2.24, 2.45) is 0 Å². The zero-order valence-corrected chi connectivity index (χ0v) is 14.8. The summed E-state index contributed by atoms with van der Waals surface area (Å²) in [5, 5.41) is 6.93. The van der Waals surface area contributed by atoms with Crippen molar-refractivity contribution in [1.29, 1.82) is 0 Å². The summed E-state index contributed by atoms with van der Waals surface area (Å²) in [5.41, 5.74) is 2.00. The first kappa shape index (κ1) is 17.5. The van der Waals surface area contributed by atoms with Gasteiger partial charge in [-0.2, -0.15) is 0 Å². The molecule has 0 spiro atoms. The van der Waals surface area contributed by atoms with Gasteiger partial charge in [-0.25, -0.2) is 4.79 Å². The Morgan fingerprint density at radius 3 is 3.04 bits per heavy atom. The van der Waals surface area contributed by atoms with Crippen LogP contribution in [0.3, 0.4) is 0 Å². The van der Waals surface area contributed by atoms with Gasteiger partial charge in [0.25, 0.3) is 0 Å². The summed E-state index contributed by atoms with van der Waals surface area (Å²) in [4.78, 5) is 19.0. The van der Waals surface area contributed by atoms with Crippen molar-refractivity contribution in [2.45, 2.75) is 58.0 Å². The Kier molecular flexibility index (Phi) is 6.04. The van der Waals surface area contributed by atoms with E-state index in [9.17, 15) is 4.79 Å². The van der Waals surface area contributed by atoms with Crippen LogP contribution >= 0.6 is 0 Å². The predicted octanol–water partition coefficient (Wildman–Crippen LogP) is 3.33. The second kappa shape index (κ2) is 8.65. The molecule has 1 fully saturated rings. The normalized spacial score (nSPS) is 17.5. The molecule has 0 bridgehead atoms. The number of piperidine rings is 1. The molecular formula is C19H26N4O2. The fourth-order valence-corrected chi connectivity index (χ4v) is 3.30. The van der Waals surface area contributed by atoms with E-state index in [0.717, 1.165) is 50.0 Å². The number of urea groups is 1. The fourth-order valence-electron chi connectivity index (χ4n) is 3.30. The highest BCUT2D eigenvalue weighted by Gasteiger charge is 2.26. The first-order chi connectivity index (χ1) is 12.3. The van der Waals surface area contributed by atoms with Crippen LogP contribution in [0.1, 0.15) is 49.8 Å². The van der Waals surface area contributed by atoms with E-state index in [1.165, 1.54) is 6.42 Å². The molecule has 1 unspecified atom stereocenters. The van der Waals surface area contributed by atoms with Gasteiger partial charge in [-0.3, -0.25) is 4.98 Å². The average Bonchev–Trinajstić information content (AvgIpc) is 3.14. The van der Waals surface area contributed by atoms with Gasteiger partial charge in [0.15, 0.2) is 5.76 Å². The third-order valence-electron chi connectivity index (χ3n) is 4.73. The van der Waals surface area contributed by atoms with Gasteiger partial charge in [0.2, 0.25) is 0 Å². The number of aromatic nitrogens is 2. The summed E-state index contributed by atoms with van der Waals surface area (Å²) in [6.07, 6.45) is 7.81. The van der Waals surface area contributed by atoms with Crippen LogP contribution in [0.5, 0.6) is 0 Å². The standard InChI is InChI=1S/C19H26N4O2/c1-2-15-13-18(25-22-15)14-21-19(24)23-12-6-4-8-17(23)10-9-16-7-3-5-11-20-16/h3,5,7,11,13,17H,2,4,6,8-10,12,14H2,1H3,(H,21,24). The van der Waals surface area contributed by atoms with Gasteiger partial charge in [0, 0.05) is 30.5 Å². The summed E-state index contributed by atoms with van der Waals surface area (Å²) in [5.74, 6) is 0.701. The fraction of sp³-hybridized carbons (Fsp3) is 0.526. The largest absolute Gasteiger partial charge is 0.359 e. The minimum atomic E-state index is -0.0137. The zero-order valence-electron chi connectivity index (χ0n) is 14.8. The minimum Gasteiger partial charge on any atom is -0.359 e. The van der Waals surface area contributed by atoms with Crippen molar-refractivity contribution >= 4 is 6.03 Å². The third-order valence-corrected chi connectivity index (χ3v) is 4.73. The van der Waals surface area contributed by atoms with E-state index in [2.05, 4.69) is 15.5 Å². The second-order valence-electron chi connectivity index (χ2n) is 6.50. The Balaban J connectivity index is 1.53. The summed E-state index contributed by atoms with van der Waals surface area (Å²) < 4.78 is 5.23. The lowest BCUT2D eigenvalue weighted by atomic mass is 9.97. The summed E-state index contributed by atoms with van der Waals surface area (Å²) in [6, 6.07) is 8.14. The van der Waals surface area contributed by atoms with E-state index in [-0.39, 0.29) is 12.1 Å². The molecule has 25 heavy (non-hydrogen) atoms. The smallest absolute Gasteiger partial charge is 0.318 e. The lowest BCUT2D eigenvalue weighted by Crippen LogP contribution is -2.48. The van der Waals surface area contributed by atoms with Gasteiger partial charge in [-0.15, -0.1) is 0 Å². The highest BCUT2D eigenvalue weighted by Crippen LogP contribution is 2.21. The molecule has 2 amide bonds. The highest BCUT2D eigenvalue weighted by atomic mass is 16.5. The lowest BCUT2D eigenvalue weighted by Gasteiger charge is -2.35. The maximum atomic E-state index is 12.6. The molecule has 3 heterocycles. The summed E-state index contributed by atoms with van der Waals surface area (Å²) >= 11 is 0.